The zero-order chi connectivity index (χ0) is 21.4. The predicted molar refractivity (Wildman–Crippen MR) is 90.4 cm³/mol. The number of alkyl halides is 3. The first kappa shape index (κ1) is 20.3. The Bertz CT molecular complexity index is 947. The summed E-state index contributed by atoms with van der Waals surface area (Å²) in [5, 5.41) is 25.0. The number of carbonyl (C=O) groups is 3. The summed E-state index contributed by atoms with van der Waals surface area (Å²) in [5.74, 6) is -4.75. The minimum absolute atomic E-state index is 0.00167. The number of urea groups is 1. The van der Waals surface area contributed by atoms with E-state index in [0.29, 0.717) is 0 Å². The fourth-order valence-electron chi connectivity index (χ4n) is 3.23. The van der Waals surface area contributed by atoms with Gasteiger partial charge in [0.15, 0.2) is 5.78 Å². The molecule has 3 rings (SSSR count). The van der Waals surface area contributed by atoms with Crippen molar-refractivity contribution in [3.63, 3.8) is 0 Å². The molecule has 0 aliphatic carbocycles. The van der Waals surface area contributed by atoms with Crippen molar-refractivity contribution in [2.24, 2.45) is 5.92 Å². The van der Waals surface area contributed by atoms with Gasteiger partial charge in [0.25, 0.3) is 0 Å². The highest BCUT2D eigenvalue weighted by molar-refractivity contribution is 6.00. The van der Waals surface area contributed by atoms with Crippen LogP contribution in [0.25, 0.3) is 0 Å². The number of carboxylic acids is 1. The molecule has 1 aliphatic rings. The standard InChI is InChI=1S/C19H15F3N2O5/c20-19(21,22)18(29)13(15(25)11-4-2-1-3-5-11)14(23-17(28)24-18)10-6-8-12(9-7-10)16(26)27/h1-9,13-14,29H,(H,26,27)(H2,23,24,28)/p-1. The monoisotopic (exact) mass is 407 g/mol. The zero-order valence-electron chi connectivity index (χ0n) is 14.6. The van der Waals surface area contributed by atoms with Crippen LogP contribution in [0.3, 0.4) is 0 Å². The second-order valence-corrected chi connectivity index (χ2v) is 6.46. The van der Waals surface area contributed by atoms with Gasteiger partial charge in [0, 0.05) is 5.56 Å². The molecule has 0 saturated carbocycles. The average molecular weight is 407 g/mol. The molecule has 3 N–H and O–H groups in total. The van der Waals surface area contributed by atoms with Gasteiger partial charge in [0.05, 0.1) is 12.0 Å². The quantitative estimate of drug-likeness (QED) is 0.658. The van der Waals surface area contributed by atoms with Gasteiger partial charge in [0.1, 0.15) is 5.92 Å². The van der Waals surface area contributed by atoms with Crippen LogP contribution in [-0.2, 0) is 0 Å². The third kappa shape index (κ3) is 3.66. The molecule has 1 saturated heterocycles. The molecule has 10 heteroatoms. The number of nitrogens with one attached hydrogen (secondary N) is 2. The first-order valence-corrected chi connectivity index (χ1v) is 8.33. The van der Waals surface area contributed by atoms with Gasteiger partial charge in [0.2, 0.25) is 5.72 Å². The van der Waals surface area contributed by atoms with Gasteiger partial charge >= 0.3 is 12.2 Å². The molecule has 152 valence electrons. The highest BCUT2D eigenvalue weighted by atomic mass is 19.4. The number of aromatic carboxylic acids is 1. The normalized spacial score (nSPS) is 24.3. The van der Waals surface area contributed by atoms with Crippen molar-refractivity contribution in [3.05, 3.63) is 71.3 Å². The maximum absolute atomic E-state index is 13.8. The molecule has 1 aliphatic heterocycles. The van der Waals surface area contributed by atoms with E-state index in [-0.39, 0.29) is 16.7 Å². The Hall–Kier alpha value is -3.40. The van der Waals surface area contributed by atoms with E-state index in [1.54, 1.807) is 6.07 Å². The molecule has 2 aromatic carbocycles. The lowest BCUT2D eigenvalue weighted by atomic mass is 9.77. The third-order valence-electron chi connectivity index (χ3n) is 4.65. The third-order valence-corrected chi connectivity index (χ3v) is 4.65. The Labute approximate surface area is 162 Å². The highest BCUT2D eigenvalue weighted by Crippen LogP contribution is 2.43. The van der Waals surface area contributed by atoms with E-state index in [1.807, 2.05) is 0 Å². The van der Waals surface area contributed by atoms with Gasteiger partial charge in [-0.25, -0.2) is 4.79 Å². The molecular weight excluding hydrogens is 393 g/mol. The number of halogens is 3. The maximum atomic E-state index is 13.8. The molecule has 7 nitrogen and oxygen atoms in total. The molecule has 1 fully saturated rings. The van der Waals surface area contributed by atoms with Crippen molar-refractivity contribution in [1.29, 1.82) is 0 Å². The molecule has 3 unspecified atom stereocenters. The van der Waals surface area contributed by atoms with Crippen LogP contribution in [-0.4, -0.2) is 34.8 Å². The molecule has 0 radical (unpaired) electrons. The minimum atomic E-state index is -5.37. The van der Waals surface area contributed by atoms with Gasteiger partial charge in [-0.15, -0.1) is 0 Å². The highest BCUT2D eigenvalue weighted by Gasteiger charge is 2.66. The number of hydrogen-bond donors (Lipinski definition) is 3. The van der Waals surface area contributed by atoms with Crippen molar-refractivity contribution in [2.75, 3.05) is 0 Å². The van der Waals surface area contributed by atoms with Gasteiger partial charge in [-0.3, -0.25) is 4.79 Å². The summed E-state index contributed by atoms with van der Waals surface area (Å²) in [6, 6.07) is 8.51. The molecule has 3 atom stereocenters. The second-order valence-electron chi connectivity index (χ2n) is 6.46. The molecule has 0 aromatic heterocycles. The van der Waals surface area contributed by atoms with E-state index in [1.165, 1.54) is 29.6 Å². The van der Waals surface area contributed by atoms with Crippen molar-refractivity contribution in [3.8, 4) is 0 Å². The minimum Gasteiger partial charge on any atom is -0.545 e. The summed E-state index contributed by atoms with van der Waals surface area (Å²) < 4.78 is 41.3. The van der Waals surface area contributed by atoms with E-state index in [2.05, 4.69) is 5.32 Å². The lowest BCUT2D eigenvalue weighted by molar-refractivity contribution is -0.287. The zero-order valence-corrected chi connectivity index (χ0v) is 14.6. The average Bonchev–Trinajstić information content (AvgIpc) is 2.67. The fourth-order valence-corrected chi connectivity index (χ4v) is 3.23. The van der Waals surface area contributed by atoms with E-state index in [0.717, 1.165) is 24.3 Å². The van der Waals surface area contributed by atoms with Crippen LogP contribution in [0.1, 0.15) is 32.3 Å². The molecule has 2 amide bonds. The summed E-state index contributed by atoms with van der Waals surface area (Å²) in [7, 11) is 0. The van der Waals surface area contributed by atoms with Gasteiger partial charge in [-0.1, -0.05) is 54.6 Å². The SMILES string of the molecule is O=C1NC(c2ccc(C(=O)[O-])cc2)C(C(=O)c2ccccc2)C(O)(C(F)(F)F)N1. The molecule has 2 aromatic rings. The van der Waals surface area contributed by atoms with Crippen LogP contribution in [0.4, 0.5) is 18.0 Å². The largest absolute Gasteiger partial charge is 0.545 e. The number of Topliss-reactive ketones (excluding diaryl/α,β-unsaturated/α-hetero) is 1. The number of amides is 2. The van der Waals surface area contributed by atoms with E-state index in [9.17, 15) is 37.8 Å². The lowest BCUT2D eigenvalue weighted by Crippen LogP contribution is -2.72. The molecule has 29 heavy (non-hydrogen) atoms. The summed E-state index contributed by atoms with van der Waals surface area (Å²) in [6.45, 7) is 0. The van der Waals surface area contributed by atoms with Crippen LogP contribution < -0.4 is 15.7 Å². The van der Waals surface area contributed by atoms with Crippen LogP contribution in [0.2, 0.25) is 0 Å². The lowest BCUT2D eigenvalue weighted by Gasteiger charge is -2.45. The van der Waals surface area contributed by atoms with Crippen LogP contribution >= 0.6 is 0 Å². The fraction of sp³-hybridized carbons (Fsp3) is 0.211. The second kappa shape index (κ2) is 7.21. The van der Waals surface area contributed by atoms with Crippen molar-refractivity contribution < 1.29 is 37.8 Å². The number of rotatable bonds is 4. The molecule has 0 bridgehead atoms. The van der Waals surface area contributed by atoms with Gasteiger partial charge < -0.3 is 25.6 Å². The Balaban J connectivity index is 2.14. The Morgan fingerprint density at radius 3 is 2.10 bits per heavy atom. The maximum Gasteiger partial charge on any atom is 0.437 e. The Morgan fingerprint density at radius 1 is 1.00 bits per heavy atom. The van der Waals surface area contributed by atoms with E-state index >= 15 is 0 Å². The van der Waals surface area contributed by atoms with Crippen LogP contribution in [0.15, 0.2) is 54.6 Å². The first-order valence-electron chi connectivity index (χ1n) is 8.33. The number of aliphatic hydroxyl groups is 1. The van der Waals surface area contributed by atoms with Crippen molar-refractivity contribution in [2.45, 2.75) is 17.9 Å². The molecule has 1 heterocycles. The number of carboxylic acid groups (broad SMARTS) is 1. The van der Waals surface area contributed by atoms with Gasteiger partial charge in [-0.05, 0) is 11.1 Å². The number of hydrogen-bond acceptors (Lipinski definition) is 5. The first-order chi connectivity index (χ1) is 13.5. The molecule has 0 spiro atoms. The summed E-state index contributed by atoms with van der Waals surface area (Å²) in [6.07, 6.45) is -5.37. The summed E-state index contributed by atoms with van der Waals surface area (Å²) >= 11 is 0. The predicted octanol–water partition coefficient (Wildman–Crippen LogP) is 1.15. The number of benzene rings is 2. The number of ketones is 1. The van der Waals surface area contributed by atoms with E-state index < -0.39 is 41.6 Å². The topological polar surface area (TPSA) is 119 Å². The van der Waals surface area contributed by atoms with Crippen molar-refractivity contribution in [1.82, 2.24) is 10.6 Å². The Morgan fingerprint density at radius 2 is 1.59 bits per heavy atom. The smallest absolute Gasteiger partial charge is 0.437 e. The van der Waals surface area contributed by atoms with Gasteiger partial charge in [-0.2, -0.15) is 13.2 Å². The summed E-state index contributed by atoms with van der Waals surface area (Å²) in [4.78, 5) is 35.8. The number of carbonyl (C=O) groups excluding carboxylic acids is 3. The summed E-state index contributed by atoms with van der Waals surface area (Å²) in [5.41, 5.74) is -4.19. The van der Waals surface area contributed by atoms with Crippen LogP contribution in [0.5, 0.6) is 0 Å². The Kier molecular flexibility index (Phi) is 5.05. The van der Waals surface area contributed by atoms with Crippen LogP contribution in [0, 0.1) is 5.92 Å². The molecular formula is C19H14F3N2O5-. The van der Waals surface area contributed by atoms with E-state index in [4.69, 9.17) is 0 Å². The van der Waals surface area contributed by atoms with Crippen molar-refractivity contribution >= 4 is 17.8 Å².